The van der Waals surface area contributed by atoms with Gasteiger partial charge in [-0.1, -0.05) is 6.07 Å². The summed E-state index contributed by atoms with van der Waals surface area (Å²) in [6, 6.07) is 3.52. The molecule has 0 unspecified atom stereocenters. The predicted octanol–water partition coefficient (Wildman–Crippen LogP) is 2.82. The number of benzene rings is 1. The van der Waals surface area contributed by atoms with Gasteiger partial charge in [0.1, 0.15) is 5.75 Å². The van der Waals surface area contributed by atoms with Crippen LogP contribution in [-0.4, -0.2) is 19.7 Å². The van der Waals surface area contributed by atoms with Crippen LogP contribution >= 0.6 is 0 Å². The van der Waals surface area contributed by atoms with Crippen molar-refractivity contribution in [2.45, 2.75) is 19.5 Å². The Labute approximate surface area is 103 Å². The minimum absolute atomic E-state index is 0.0258. The van der Waals surface area contributed by atoms with Crippen molar-refractivity contribution in [2.24, 2.45) is 0 Å². The molecule has 0 aromatic heterocycles. The fourth-order valence-corrected chi connectivity index (χ4v) is 1.56. The van der Waals surface area contributed by atoms with Crippen molar-refractivity contribution in [1.82, 2.24) is 0 Å². The molecule has 1 aromatic carbocycles. The van der Waals surface area contributed by atoms with Crippen LogP contribution in [0.25, 0.3) is 0 Å². The third kappa shape index (κ3) is 3.38. The van der Waals surface area contributed by atoms with Gasteiger partial charge in [0.25, 0.3) is 0 Å². The van der Waals surface area contributed by atoms with E-state index in [-0.39, 0.29) is 17.9 Å². The van der Waals surface area contributed by atoms with E-state index in [2.05, 4.69) is 4.74 Å². The Morgan fingerprint density at radius 2 is 2.00 bits per heavy atom. The van der Waals surface area contributed by atoms with Gasteiger partial charge in [0.2, 0.25) is 0 Å². The highest BCUT2D eigenvalue weighted by Crippen LogP contribution is 2.36. The van der Waals surface area contributed by atoms with E-state index in [1.807, 2.05) is 0 Å². The van der Waals surface area contributed by atoms with Crippen LogP contribution < -0.4 is 4.74 Å². The van der Waals surface area contributed by atoms with Crippen LogP contribution in [0.2, 0.25) is 0 Å². The molecule has 3 nitrogen and oxygen atoms in total. The van der Waals surface area contributed by atoms with Gasteiger partial charge in [-0.3, -0.25) is 4.79 Å². The van der Waals surface area contributed by atoms with Gasteiger partial charge < -0.3 is 9.47 Å². The zero-order chi connectivity index (χ0) is 13.8. The number of hydrogen-bond donors (Lipinski definition) is 0. The third-order valence-corrected chi connectivity index (χ3v) is 2.28. The van der Waals surface area contributed by atoms with Gasteiger partial charge in [-0.2, -0.15) is 13.2 Å². The summed E-state index contributed by atoms with van der Waals surface area (Å²) in [4.78, 5) is 11.3. The highest BCUT2D eigenvalue weighted by atomic mass is 19.4. The van der Waals surface area contributed by atoms with Crippen molar-refractivity contribution in [3.05, 3.63) is 29.3 Å². The van der Waals surface area contributed by atoms with E-state index < -0.39 is 24.1 Å². The highest BCUT2D eigenvalue weighted by molar-refractivity contribution is 5.74. The van der Waals surface area contributed by atoms with Crippen LogP contribution in [-0.2, 0) is 22.1 Å². The van der Waals surface area contributed by atoms with Crippen molar-refractivity contribution in [2.75, 3.05) is 13.7 Å². The number of esters is 1. The topological polar surface area (TPSA) is 35.5 Å². The van der Waals surface area contributed by atoms with Crippen LogP contribution in [0.3, 0.4) is 0 Å². The van der Waals surface area contributed by atoms with Crippen molar-refractivity contribution in [1.29, 1.82) is 0 Å². The number of hydrogen-bond acceptors (Lipinski definition) is 3. The average Bonchev–Trinajstić information content (AvgIpc) is 2.28. The van der Waals surface area contributed by atoms with Gasteiger partial charge in [0, 0.05) is 5.56 Å². The lowest BCUT2D eigenvalue weighted by molar-refractivity contribution is -0.143. The smallest absolute Gasteiger partial charge is 0.416 e. The molecule has 0 saturated heterocycles. The number of carbonyl (C=O) groups is 1. The minimum atomic E-state index is -4.53. The number of methoxy groups -OCH3 is 1. The number of ether oxygens (including phenoxy) is 2. The van der Waals surface area contributed by atoms with E-state index >= 15 is 0 Å². The lowest BCUT2D eigenvalue weighted by atomic mass is 10.0. The highest BCUT2D eigenvalue weighted by Gasteiger charge is 2.35. The first-order valence-electron chi connectivity index (χ1n) is 5.28. The molecule has 0 saturated carbocycles. The summed E-state index contributed by atoms with van der Waals surface area (Å²) in [5, 5.41) is 0. The molecular weight excluding hydrogens is 249 g/mol. The van der Waals surface area contributed by atoms with Gasteiger partial charge in [-0.05, 0) is 19.1 Å². The molecule has 0 aliphatic carbocycles. The molecule has 0 bridgehead atoms. The minimum Gasteiger partial charge on any atom is -0.496 e. The van der Waals surface area contributed by atoms with Gasteiger partial charge in [0.05, 0.1) is 25.7 Å². The second kappa shape index (κ2) is 5.75. The quantitative estimate of drug-likeness (QED) is 0.783. The second-order valence-electron chi connectivity index (χ2n) is 3.47. The molecule has 6 heteroatoms. The van der Waals surface area contributed by atoms with Crippen LogP contribution in [0.15, 0.2) is 18.2 Å². The molecule has 18 heavy (non-hydrogen) atoms. The molecule has 1 rings (SSSR count). The standard InChI is InChI=1S/C12H13F3O3/c1-3-18-11(16)7-8-9(12(13,14)15)5-4-6-10(8)17-2/h4-6H,3,7H2,1-2H3. The Balaban J connectivity index is 3.16. The Morgan fingerprint density at radius 3 is 2.50 bits per heavy atom. The van der Waals surface area contributed by atoms with Crippen LogP contribution in [0.1, 0.15) is 18.1 Å². The zero-order valence-corrected chi connectivity index (χ0v) is 10.0. The van der Waals surface area contributed by atoms with Gasteiger partial charge in [-0.25, -0.2) is 0 Å². The average molecular weight is 262 g/mol. The summed E-state index contributed by atoms with van der Waals surface area (Å²) < 4.78 is 47.9. The molecule has 0 heterocycles. The SMILES string of the molecule is CCOC(=O)Cc1c(OC)cccc1C(F)(F)F. The molecule has 0 radical (unpaired) electrons. The first-order chi connectivity index (χ1) is 8.40. The van der Waals surface area contributed by atoms with E-state index in [1.54, 1.807) is 6.92 Å². The first-order valence-corrected chi connectivity index (χ1v) is 5.28. The largest absolute Gasteiger partial charge is 0.496 e. The summed E-state index contributed by atoms with van der Waals surface area (Å²) in [6.07, 6.45) is -5.00. The van der Waals surface area contributed by atoms with E-state index in [0.717, 1.165) is 6.07 Å². The van der Waals surface area contributed by atoms with Gasteiger partial charge in [-0.15, -0.1) is 0 Å². The maximum absolute atomic E-state index is 12.8. The zero-order valence-electron chi connectivity index (χ0n) is 10.0. The van der Waals surface area contributed by atoms with Crippen molar-refractivity contribution >= 4 is 5.97 Å². The molecular formula is C12H13F3O3. The molecule has 0 amide bonds. The molecule has 0 aliphatic heterocycles. The predicted molar refractivity (Wildman–Crippen MR) is 58.3 cm³/mol. The fourth-order valence-electron chi connectivity index (χ4n) is 1.56. The van der Waals surface area contributed by atoms with E-state index in [9.17, 15) is 18.0 Å². The second-order valence-corrected chi connectivity index (χ2v) is 3.47. The van der Waals surface area contributed by atoms with Crippen LogP contribution in [0.4, 0.5) is 13.2 Å². The lowest BCUT2D eigenvalue weighted by Crippen LogP contribution is -2.15. The summed E-state index contributed by atoms with van der Waals surface area (Å²) in [7, 11) is 1.25. The Kier molecular flexibility index (Phi) is 4.58. The number of alkyl halides is 3. The summed E-state index contributed by atoms with van der Waals surface area (Å²) in [6.45, 7) is 1.71. The number of halogens is 3. The first kappa shape index (κ1) is 14.3. The molecule has 0 aliphatic rings. The van der Waals surface area contributed by atoms with Crippen molar-refractivity contribution in [3.63, 3.8) is 0 Å². The Hall–Kier alpha value is -1.72. The van der Waals surface area contributed by atoms with E-state index in [1.165, 1.54) is 19.2 Å². The van der Waals surface area contributed by atoms with E-state index in [0.29, 0.717) is 0 Å². The van der Waals surface area contributed by atoms with Crippen molar-refractivity contribution in [3.8, 4) is 5.75 Å². The number of rotatable bonds is 4. The normalized spacial score (nSPS) is 11.2. The molecule has 1 aromatic rings. The molecule has 100 valence electrons. The third-order valence-electron chi connectivity index (χ3n) is 2.28. The molecule has 0 fully saturated rings. The Morgan fingerprint density at radius 1 is 1.33 bits per heavy atom. The summed E-state index contributed by atoms with van der Waals surface area (Å²) in [5.41, 5.74) is -1.08. The number of carbonyl (C=O) groups excluding carboxylic acids is 1. The van der Waals surface area contributed by atoms with Gasteiger partial charge >= 0.3 is 12.1 Å². The van der Waals surface area contributed by atoms with Crippen LogP contribution in [0.5, 0.6) is 5.75 Å². The maximum atomic E-state index is 12.8. The lowest BCUT2D eigenvalue weighted by Gasteiger charge is -2.15. The Bertz CT molecular complexity index is 427. The fraction of sp³-hybridized carbons (Fsp3) is 0.417. The van der Waals surface area contributed by atoms with Crippen molar-refractivity contribution < 1.29 is 27.4 Å². The van der Waals surface area contributed by atoms with E-state index in [4.69, 9.17) is 4.74 Å². The maximum Gasteiger partial charge on any atom is 0.416 e. The summed E-state index contributed by atoms with van der Waals surface area (Å²) in [5.74, 6) is -0.689. The molecule has 0 N–H and O–H groups in total. The molecule has 0 spiro atoms. The monoisotopic (exact) mass is 262 g/mol. The van der Waals surface area contributed by atoms with Crippen LogP contribution in [0, 0.1) is 0 Å². The van der Waals surface area contributed by atoms with Gasteiger partial charge in [0.15, 0.2) is 0 Å². The summed E-state index contributed by atoms with van der Waals surface area (Å²) >= 11 is 0. The molecule has 0 atom stereocenters.